The highest BCUT2D eigenvalue weighted by molar-refractivity contribution is 5.85. The van der Waals surface area contributed by atoms with Crippen LogP contribution >= 0.6 is 0 Å². The Kier molecular flexibility index (Phi) is 2.62. The summed E-state index contributed by atoms with van der Waals surface area (Å²) in [6.07, 6.45) is 5.24. The molecular weight excluding hydrogens is 242 g/mol. The van der Waals surface area contributed by atoms with Crippen LogP contribution in [0.25, 0.3) is 11.3 Å². The summed E-state index contributed by atoms with van der Waals surface area (Å²) in [7, 11) is 1.41. The number of aromatic nitrogens is 3. The van der Waals surface area contributed by atoms with Crippen LogP contribution in [-0.4, -0.2) is 28.0 Å². The van der Waals surface area contributed by atoms with Gasteiger partial charge < -0.3 is 9.72 Å². The lowest BCUT2D eigenvalue weighted by atomic mass is 10.1. The molecule has 19 heavy (non-hydrogen) atoms. The maximum Gasteiger partial charge on any atom is 0.319 e. The number of nitrogens with one attached hydrogen (secondary N) is 1. The second-order valence-corrected chi connectivity index (χ2v) is 4.89. The molecule has 0 amide bonds. The molecule has 5 nitrogen and oxygen atoms in total. The predicted octanol–water partition coefficient (Wildman–Crippen LogP) is 1.98. The highest BCUT2D eigenvalue weighted by Crippen LogP contribution is 2.47. The number of H-pyrrole nitrogens is 1. The summed E-state index contributed by atoms with van der Waals surface area (Å²) in [6.45, 7) is 1.91. The number of carbonyl (C=O) groups excluding carboxylic acids is 1. The number of aryl methyl sites for hydroxylation is 1. The Bertz CT molecular complexity index is 616. The van der Waals surface area contributed by atoms with Gasteiger partial charge in [0.2, 0.25) is 0 Å². The second-order valence-electron chi connectivity index (χ2n) is 4.89. The fraction of sp³-hybridized carbons (Fsp3) is 0.357. The zero-order chi connectivity index (χ0) is 13.5. The number of nitrogens with zero attached hydrogens (tertiary/aromatic N) is 2. The van der Waals surface area contributed by atoms with Crippen molar-refractivity contribution >= 4 is 5.97 Å². The van der Waals surface area contributed by atoms with Crippen LogP contribution in [0.15, 0.2) is 24.5 Å². The van der Waals surface area contributed by atoms with Crippen LogP contribution in [-0.2, 0) is 14.9 Å². The molecule has 3 rings (SSSR count). The number of rotatable bonds is 3. The third-order valence-corrected chi connectivity index (χ3v) is 3.50. The van der Waals surface area contributed by atoms with Gasteiger partial charge in [0.25, 0.3) is 0 Å². The lowest BCUT2D eigenvalue weighted by molar-refractivity contribution is -0.143. The molecule has 2 heterocycles. The Hall–Kier alpha value is -2.17. The third kappa shape index (κ3) is 1.91. The van der Waals surface area contributed by atoms with Crippen molar-refractivity contribution in [3.05, 3.63) is 36.0 Å². The summed E-state index contributed by atoms with van der Waals surface area (Å²) in [5, 5.41) is 0. The van der Waals surface area contributed by atoms with Crippen molar-refractivity contribution in [2.45, 2.75) is 25.2 Å². The van der Waals surface area contributed by atoms with Gasteiger partial charge in [0.15, 0.2) is 0 Å². The summed E-state index contributed by atoms with van der Waals surface area (Å²) in [5.41, 5.74) is 2.06. The maximum absolute atomic E-state index is 11.9. The minimum absolute atomic E-state index is 0.238. The summed E-state index contributed by atoms with van der Waals surface area (Å²) in [6, 6.07) is 3.86. The molecule has 5 heteroatoms. The van der Waals surface area contributed by atoms with E-state index >= 15 is 0 Å². The van der Waals surface area contributed by atoms with Crippen molar-refractivity contribution in [2.24, 2.45) is 0 Å². The van der Waals surface area contributed by atoms with Gasteiger partial charge in [0.1, 0.15) is 11.2 Å². The van der Waals surface area contributed by atoms with Gasteiger partial charge in [-0.1, -0.05) is 0 Å². The van der Waals surface area contributed by atoms with E-state index in [1.54, 1.807) is 0 Å². The van der Waals surface area contributed by atoms with Crippen LogP contribution < -0.4 is 0 Å². The molecule has 1 aliphatic rings. The van der Waals surface area contributed by atoms with Crippen LogP contribution in [0.3, 0.4) is 0 Å². The van der Waals surface area contributed by atoms with Gasteiger partial charge >= 0.3 is 5.97 Å². The molecule has 0 bridgehead atoms. The molecule has 1 N–H and O–H groups in total. The zero-order valence-electron chi connectivity index (χ0n) is 10.9. The van der Waals surface area contributed by atoms with Crippen LogP contribution in [0.2, 0.25) is 0 Å². The third-order valence-electron chi connectivity index (χ3n) is 3.50. The number of hydrogen-bond acceptors (Lipinski definition) is 4. The van der Waals surface area contributed by atoms with Gasteiger partial charge in [-0.2, -0.15) is 0 Å². The molecule has 1 fully saturated rings. The molecule has 0 saturated heterocycles. The molecule has 0 spiro atoms. The van der Waals surface area contributed by atoms with Crippen LogP contribution in [0.4, 0.5) is 0 Å². The Morgan fingerprint density at radius 1 is 1.42 bits per heavy atom. The molecular formula is C14H15N3O2. The Balaban J connectivity index is 2.06. The minimum Gasteiger partial charge on any atom is -0.468 e. The molecule has 2 aromatic heterocycles. The lowest BCUT2D eigenvalue weighted by Gasteiger charge is -2.12. The monoisotopic (exact) mass is 257 g/mol. The molecule has 1 aliphatic carbocycles. The average Bonchev–Trinajstić information content (AvgIpc) is 3.04. The van der Waals surface area contributed by atoms with E-state index in [2.05, 4.69) is 15.0 Å². The lowest BCUT2D eigenvalue weighted by Crippen LogP contribution is -2.25. The zero-order valence-corrected chi connectivity index (χ0v) is 10.9. The number of ether oxygens (including phenoxy) is 1. The fourth-order valence-electron chi connectivity index (χ4n) is 2.25. The van der Waals surface area contributed by atoms with Crippen molar-refractivity contribution in [2.75, 3.05) is 7.11 Å². The summed E-state index contributed by atoms with van der Waals surface area (Å²) in [5.74, 6) is 0.341. The summed E-state index contributed by atoms with van der Waals surface area (Å²) >= 11 is 0. The molecule has 98 valence electrons. The number of methoxy groups -OCH3 is 1. The SMILES string of the molecule is COC(=O)C1(c2nc(C)cc(-c3cc[nH]c3)n2)CC1. The quantitative estimate of drug-likeness (QED) is 0.854. The van der Waals surface area contributed by atoms with Crippen LogP contribution in [0, 0.1) is 6.92 Å². The van der Waals surface area contributed by atoms with Crippen LogP contribution in [0.1, 0.15) is 24.4 Å². The van der Waals surface area contributed by atoms with E-state index in [0.717, 1.165) is 29.8 Å². The van der Waals surface area contributed by atoms with E-state index in [0.29, 0.717) is 5.82 Å². The highest BCUT2D eigenvalue weighted by Gasteiger charge is 2.55. The van der Waals surface area contributed by atoms with E-state index in [1.165, 1.54) is 7.11 Å². The van der Waals surface area contributed by atoms with E-state index in [1.807, 2.05) is 31.5 Å². The summed E-state index contributed by atoms with van der Waals surface area (Å²) in [4.78, 5) is 23.9. The Labute approximate surface area is 111 Å². The number of esters is 1. The molecule has 0 aliphatic heterocycles. The van der Waals surface area contributed by atoms with Gasteiger partial charge in [0.05, 0.1) is 12.8 Å². The molecule has 0 aromatic carbocycles. The normalized spacial score (nSPS) is 16.1. The molecule has 0 radical (unpaired) electrons. The molecule has 0 unspecified atom stereocenters. The summed E-state index contributed by atoms with van der Waals surface area (Å²) < 4.78 is 4.88. The molecule has 0 atom stereocenters. The Morgan fingerprint density at radius 3 is 2.79 bits per heavy atom. The van der Waals surface area contributed by atoms with Gasteiger partial charge in [-0.3, -0.25) is 4.79 Å². The first-order chi connectivity index (χ1) is 9.15. The van der Waals surface area contributed by atoms with Crippen LogP contribution in [0.5, 0.6) is 0 Å². The minimum atomic E-state index is -0.619. The topological polar surface area (TPSA) is 67.9 Å². The van der Waals surface area contributed by atoms with Gasteiger partial charge in [-0.05, 0) is 31.9 Å². The van der Waals surface area contributed by atoms with Gasteiger partial charge in [-0.25, -0.2) is 9.97 Å². The fourth-order valence-corrected chi connectivity index (χ4v) is 2.25. The predicted molar refractivity (Wildman–Crippen MR) is 69.5 cm³/mol. The first-order valence-electron chi connectivity index (χ1n) is 6.23. The van der Waals surface area contributed by atoms with Crippen molar-refractivity contribution in [3.63, 3.8) is 0 Å². The molecule has 1 saturated carbocycles. The van der Waals surface area contributed by atoms with E-state index < -0.39 is 5.41 Å². The maximum atomic E-state index is 11.9. The average molecular weight is 257 g/mol. The number of carbonyl (C=O) groups is 1. The first-order valence-corrected chi connectivity index (χ1v) is 6.23. The van der Waals surface area contributed by atoms with Crippen molar-refractivity contribution in [1.29, 1.82) is 0 Å². The standard InChI is InChI=1S/C14H15N3O2/c1-9-7-11(10-3-6-15-8-10)17-12(16-9)14(4-5-14)13(18)19-2/h3,6-8,15H,4-5H2,1-2H3. The van der Waals surface area contributed by atoms with Gasteiger partial charge in [-0.15, -0.1) is 0 Å². The number of hydrogen-bond donors (Lipinski definition) is 1. The van der Waals surface area contributed by atoms with E-state index in [4.69, 9.17) is 4.74 Å². The highest BCUT2D eigenvalue weighted by atomic mass is 16.5. The smallest absolute Gasteiger partial charge is 0.319 e. The van der Waals surface area contributed by atoms with Crippen molar-refractivity contribution < 1.29 is 9.53 Å². The van der Waals surface area contributed by atoms with E-state index in [-0.39, 0.29) is 5.97 Å². The largest absolute Gasteiger partial charge is 0.468 e. The van der Waals surface area contributed by atoms with Gasteiger partial charge in [0, 0.05) is 23.7 Å². The Morgan fingerprint density at radius 2 is 2.21 bits per heavy atom. The van der Waals surface area contributed by atoms with Crippen molar-refractivity contribution in [3.8, 4) is 11.3 Å². The second kappa shape index (κ2) is 4.19. The van der Waals surface area contributed by atoms with Crippen molar-refractivity contribution in [1.82, 2.24) is 15.0 Å². The molecule has 2 aromatic rings. The first kappa shape index (κ1) is 11.9. The number of aromatic amines is 1. The van der Waals surface area contributed by atoms with E-state index in [9.17, 15) is 4.79 Å².